The maximum Gasteiger partial charge on any atom is 0.314 e. The number of H-pyrrole nitrogens is 1. The van der Waals surface area contributed by atoms with Crippen molar-refractivity contribution in [3.8, 4) is 17.1 Å². The number of aromatic nitrogens is 4. The van der Waals surface area contributed by atoms with Crippen LogP contribution in [0.5, 0.6) is 5.75 Å². The van der Waals surface area contributed by atoms with Gasteiger partial charge >= 0.3 is 11.8 Å². The van der Waals surface area contributed by atoms with Gasteiger partial charge in [-0.05, 0) is 41.6 Å². The van der Waals surface area contributed by atoms with E-state index in [0.29, 0.717) is 28.5 Å². The summed E-state index contributed by atoms with van der Waals surface area (Å²) in [6, 6.07) is 13.4. The summed E-state index contributed by atoms with van der Waals surface area (Å²) in [7, 11) is 1.55. The molecule has 1 aromatic heterocycles. The highest BCUT2D eigenvalue weighted by Gasteiger charge is 2.14. The van der Waals surface area contributed by atoms with Crippen LogP contribution in [0.15, 0.2) is 48.5 Å². The number of amides is 2. The van der Waals surface area contributed by atoms with Crippen LogP contribution >= 0.6 is 0 Å². The summed E-state index contributed by atoms with van der Waals surface area (Å²) < 4.78 is 5.03. The number of nitrogens with zero attached hydrogens (tertiary/aromatic N) is 3. The molecule has 3 rings (SSSR count). The van der Waals surface area contributed by atoms with E-state index in [2.05, 4.69) is 31.3 Å². The van der Waals surface area contributed by atoms with E-state index in [-0.39, 0.29) is 0 Å². The fraction of sp³-hybridized carbons (Fsp3) is 0.0625. The third-order valence-electron chi connectivity index (χ3n) is 3.28. The fourth-order valence-corrected chi connectivity index (χ4v) is 2.07. The number of tetrazole rings is 1. The molecule has 0 bridgehead atoms. The molecule has 0 radical (unpaired) electrons. The molecular weight excluding hydrogens is 324 g/mol. The maximum atomic E-state index is 12.0. The Hall–Kier alpha value is -3.75. The van der Waals surface area contributed by atoms with Gasteiger partial charge in [-0.3, -0.25) is 9.59 Å². The fourth-order valence-electron chi connectivity index (χ4n) is 2.07. The van der Waals surface area contributed by atoms with E-state index in [1.807, 2.05) is 0 Å². The largest absolute Gasteiger partial charge is 0.497 e. The summed E-state index contributed by atoms with van der Waals surface area (Å²) in [5.74, 6) is -0.532. The molecule has 0 spiro atoms. The predicted molar refractivity (Wildman–Crippen MR) is 89.9 cm³/mol. The summed E-state index contributed by atoms with van der Waals surface area (Å²) in [5.41, 5.74) is 1.58. The van der Waals surface area contributed by atoms with Crippen molar-refractivity contribution in [2.24, 2.45) is 0 Å². The lowest BCUT2D eigenvalue weighted by atomic mass is 10.2. The summed E-state index contributed by atoms with van der Waals surface area (Å²) in [6.45, 7) is 0. The number of anilines is 2. The van der Waals surface area contributed by atoms with Crippen molar-refractivity contribution in [3.05, 3.63) is 48.5 Å². The summed E-state index contributed by atoms with van der Waals surface area (Å²) >= 11 is 0. The second-order valence-corrected chi connectivity index (χ2v) is 4.95. The number of aromatic amines is 1. The number of ether oxygens (including phenoxy) is 1. The van der Waals surface area contributed by atoms with Gasteiger partial charge in [0, 0.05) is 16.9 Å². The monoisotopic (exact) mass is 338 g/mol. The number of nitrogens with one attached hydrogen (secondary N) is 3. The van der Waals surface area contributed by atoms with Gasteiger partial charge in [0.1, 0.15) is 5.75 Å². The summed E-state index contributed by atoms with van der Waals surface area (Å²) in [6.07, 6.45) is 0. The average molecular weight is 338 g/mol. The van der Waals surface area contributed by atoms with Crippen molar-refractivity contribution in [2.45, 2.75) is 0 Å². The number of benzene rings is 2. The first-order valence-electron chi connectivity index (χ1n) is 7.26. The quantitative estimate of drug-likeness (QED) is 0.619. The average Bonchev–Trinajstić information content (AvgIpc) is 3.17. The topological polar surface area (TPSA) is 122 Å². The second-order valence-electron chi connectivity index (χ2n) is 4.95. The van der Waals surface area contributed by atoms with Gasteiger partial charge in [-0.1, -0.05) is 12.1 Å². The van der Waals surface area contributed by atoms with Crippen LogP contribution in [0.25, 0.3) is 11.4 Å². The Morgan fingerprint density at radius 1 is 1.00 bits per heavy atom. The van der Waals surface area contributed by atoms with Crippen molar-refractivity contribution in [1.82, 2.24) is 20.6 Å². The molecule has 2 amide bonds. The molecule has 0 saturated heterocycles. The highest BCUT2D eigenvalue weighted by molar-refractivity contribution is 6.43. The second kappa shape index (κ2) is 7.21. The smallest absolute Gasteiger partial charge is 0.314 e. The van der Waals surface area contributed by atoms with E-state index in [1.165, 1.54) is 0 Å². The van der Waals surface area contributed by atoms with Gasteiger partial charge in [0.2, 0.25) is 5.82 Å². The molecule has 0 aliphatic heterocycles. The van der Waals surface area contributed by atoms with E-state index in [9.17, 15) is 9.59 Å². The zero-order valence-electron chi connectivity index (χ0n) is 13.2. The molecule has 2 aromatic carbocycles. The number of hydrogen-bond acceptors (Lipinski definition) is 6. The molecule has 9 heteroatoms. The standard InChI is InChI=1S/C16H14N6O3/c1-25-13-7-5-11(6-8-13)17-15(23)16(24)18-12-4-2-3-10(9-12)14-19-21-22-20-14/h2-9H,1H3,(H,17,23)(H,18,24)(H,19,20,21,22). The Balaban J connectivity index is 1.65. The van der Waals surface area contributed by atoms with Crippen molar-refractivity contribution in [1.29, 1.82) is 0 Å². The zero-order valence-corrected chi connectivity index (χ0v) is 13.2. The lowest BCUT2D eigenvalue weighted by Crippen LogP contribution is -2.29. The van der Waals surface area contributed by atoms with E-state index in [1.54, 1.807) is 55.6 Å². The van der Waals surface area contributed by atoms with Crippen LogP contribution in [0.3, 0.4) is 0 Å². The molecular formula is C16H14N6O3. The van der Waals surface area contributed by atoms with Crippen LogP contribution in [0, 0.1) is 0 Å². The van der Waals surface area contributed by atoms with Crippen LogP contribution < -0.4 is 15.4 Å². The Morgan fingerprint density at radius 2 is 1.72 bits per heavy atom. The molecule has 1 heterocycles. The van der Waals surface area contributed by atoms with Gasteiger partial charge in [0.05, 0.1) is 7.11 Å². The number of carbonyl (C=O) groups excluding carboxylic acids is 2. The highest BCUT2D eigenvalue weighted by Crippen LogP contribution is 2.18. The third kappa shape index (κ3) is 3.96. The minimum atomic E-state index is -0.791. The molecule has 25 heavy (non-hydrogen) atoms. The van der Waals surface area contributed by atoms with Crippen LogP contribution in [0.1, 0.15) is 0 Å². The van der Waals surface area contributed by atoms with Gasteiger partial charge in [-0.25, -0.2) is 0 Å². The van der Waals surface area contributed by atoms with Crippen LogP contribution in [-0.4, -0.2) is 39.5 Å². The third-order valence-corrected chi connectivity index (χ3v) is 3.28. The molecule has 0 atom stereocenters. The van der Waals surface area contributed by atoms with Gasteiger partial charge in [-0.2, -0.15) is 5.21 Å². The maximum absolute atomic E-state index is 12.0. The van der Waals surface area contributed by atoms with Gasteiger partial charge in [0.15, 0.2) is 0 Å². The Labute approximate surface area is 142 Å². The zero-order chi connectivity index (χ0) is 17.6. The highest BCUT2D eigenvalue weighted by atomic mass is 16.5. The first-order valence-corrected chi connectivity index (χ1v) is 7.26. The first-order chi connectivity index (χ1) is 12.2. The van der Waals surface area contributed by atoms with Crippen LogP contribution in [0.4, 0.5) is 11.4 Å². The molecule has 3 N–H and O–H groups in total. The summed E-state index contributed by atoms with van der Waals surface area (Å²) in [5, 5.41) is 18.6. The molecule has 0 unspecified atom stereocenters. The molecule has 0 saturated carbocycles. The number of carbonyl (C=O) groups is 2. The van der Waals surface area contributed by atoms with Gasteiger partial charge < -0.3 is 15.4 Å². The van der Waals surface area contributed by atoms with E-state index in [0.717, 1.165) is 0 Å². The van der Waals surface area contributed by atoms with Crippen LogP contribution in [-0.2, 0) is 9.59 Å². The van der Waals surface area contributed by atoms with Crippen LogP contribution in [0.2, 0.25) is 0 Å². The normalized spacial score (nSPS) is 10.1. The number of methoxy groups -OCH3 is 1. The van der Waals surface area contributed by atoms with E-state index in [4.69, 9.17) is 4.74 Å². The van der Waals surface area contributed by atoms with Gasteiger partial charge in [-0.15, -0.1) is 10.2 Å². The number of hydrogen-bond donors (Lipinski definition) is 3. The van der Waals surface area contributed by atoms with Crippen molar-refractivity contribution in [3.63, 3.8) is 0 Å². The molecule has 3 aromatic rings. The van der Waals surface area contributed by atoms with Crippen molar-refractivity contribution in [2.75, 3.05) is 17.7 Å². The SMILES string of the molecule is COc1ccc(NC(=O)C(=O)Nc2cccc(-c3nn[nH]n3)c2)cc1. The van der Waals surface area contributed by atoms with Gasteiger partial charge in [0.25, 0.3) is 0 Å². The molecule has 0 fully saturated rings. The number of rotatable bonds is 4. The predicted octanol–water partition coefficient (Wildman–Crippen LogP) is 1.45. The van der Waals surface area contributed by atoms with Crippen molar-refractivity contribution < 1.29 is 14.3 Å². The minimum absolute atomic E-state index is 0.388. The Morgan fingerprint density at radius 3 is 2.36 bits per heavy atom. The Bertz CT molecular complexity index is 877. The molecule has 126 valence electrons. The first kappa shape index (κ1) is 16.1. The molecule has 0 aliphatic rings. The van der Waals surface area contributed by atoms with E-state index >= 15 is 0 Å². The Kier molecular flexibility index (Phi) is 4.65. The summed E-state index contributed by atoms with van der Waals surface area (Å²) in [4.78, 5) is 24.0. The lowest BCUT2D eigenvalue weighted by molar-refractivity contribution is -0.132. The minimum Gasteiger partial charge on any atom is -0.497 e. The lowest BCUT2D eigenvalue weighted by Gasteiger charge is -2.08. The molecule has 9 nitrogen and oxygen atoms in total. The van der Waals surface area contributed by atoms with Crippen molar-refractivity contribution >= 4 is 23.2 Å². The molecule has 0 aliphatic carbocycles. The van der Waals surface area contributed by atoms with E-state index < -0.39 is 11.8 Å².